The molecule has 0 aromatic heterocycles. The largest absolute Gasteiger partial charge is 0.510 e. The summed E-state index contributed by atoms with van der Waals surface area (Å²) >= 11 is 0. The molecule has 39 heavy (non-hydrogen) atoms. The molecule has 1 aromatic rings. The molecular weight excluding hydrogens is 509 g/mol. The Bertz CT molecular complexity index is 1350. The maximum atomic E-state index is 15.9. The fraction of sp³-hybridized carbons (Fsp3) is 0.536. The van der Waals surface area contributed by atoms with Gasteiger partial charge < -0.3 is 30.7 Å². The van der Waals surface area contributed by atoms with E-state index in [-0.39, 0.29) is 71.2 Å². The van der Waals surface area contributed by atoms with Gasteiger partial charge in [-0.25, -0.2) is 4.39 Å². The monoisotopic (exact) mass is 543 g/mol. The zero-order valence-corrected chi connectivity index (χ0v) is 22.5. The van der Waals surface area contributed by atoms with E-state index in [1.165, 1.54) is 18.1 Å². The summed E-state index contributed by atoms with van der Waals surface area (Å²) in [6.07, 6.45) is 1.57. The molecule has 0 heterocycles. The molecule has 2 amide bonds. The molecule has 5 N–H and O–H groups in total. The highest BCUT2D eigenvalue weighted by atomic mass is 19.1. The van der Waals surface area contributed by atoms with E-state index in [2.05, 4.69) is 0 Å². The third-order valence-corrected chi connectivity index (χ3v) is 8.87. The van der Waals surface area contributed by atoms with Crippen molar-refractivity contribution < 1.29 is 38.8 Å². The summed E-state index contributed by atoms with van der Waals surface area (Å²) in [5, 5.41) is 33.2. The lowest BCUT2D eigenvalue weighted by Crippen LogP contribution is -2.63. The molecule has 0 radical (unpaired) electrons. The van der Waals surface area contributed by atoms with E-state index < -0.39 is 52.5 Å². The maximum Gasteiger partial charge on any atom is 0.248 e. The van der Waals surface area contributed by atoms with Gasteiger partial charge in [-0.1, -0.05) is 0 Å². The minimum Gasteiger partial charge on any atom is -0.510 e. The SMILES string of the molecule is CO[C@@]12CC(C(N)=O)=C(O)[C@@H](N(C)C)[C@@H]1C[C@@H]1Cc3c(F)c(CN(C)C(=O)C4CC4)cc(O)c3C(O)=C1C2=O. The number of phenolic OH excluding ortho intramolecular Hbond substituents is 1. The lowest BCUT2D eigenvalue weighted by atomic mass is 9.57. The van der Waals surface area contributed by atoms with Gasteiger partial charge in [0.15, 0.2) is 5.78 Å². The number of aliphatic hydroxyl groups excluding tert-OH is 2. The van der Waals surface area contributed by atoms with Crippen LogP contribution >= 0.6 is 0 Å². The van der Waals surface area contributed by atoms with Crippen molar-refractivity contribution in [1.29, 1.82) is 0 Å². The predicted octanol–water partition coefficient (Wildman–Crippen LogP) is 1.95. The molecule has 0 spiro atoms. The van der Waals surface area contributed by atoms with Crippen LogP contribution in [-0.2, 0) is 32.1 Å². The van der Waals surface area contributed by atoms with Crippen LogP contribution in [0.15, 0.2) is 23.0 Å². The molecule has 4 aliphatic carbocycles. The fourth-order valence-electron chi connectivity index (χ4n) is 6.82. The number of methoxy groups -OCH3 is 1. The van der Waals surface area contributed by atoms with Crippen LogP contribution in [0.3, 0.4) is 0 Å². The first-order chi connectivity index (χ1) is 18.3. The van der Waals surface area contributed by atoms with Crippen LogP contribution in [0.25, 0.3) is 5.76 Å². The lowest BCUT2D eigenvalue weighted by Gasteiger charge is -2.53. The number of phenols is 1. The van der Waals surface area contributed by atoms with Crippen molar-refractivity contribution in [3.8, 4) is 5.75 Å². The molecule has 2 saturated carbocycles. The Balaban J connectivity index is 1.60. The normalized spacial score (nSPS) is 28.3. The van der Waals surface area contributed by atoms with Crippen LogP contribution in [0.4, 0.5) is 4.39 Å². The molecule has 0 unspecified atom stereocenters. The number of nitrogens with zero attached hydrogens (tertiary/aromatic N) is 2. The number of benzene rings is 1. The van der Waals surface area contributed by atoms with Crippen LogP contribution in [-0.4, -0.2) is 82.6 Å². The van der Waals surface area contributed by atoms with E-state index in [0.29, 0.717) is 0 Å². The second-order valence-corrected chi connectivity index (χ2v) is 11.4. The molecule has 4 atom stereocenters. The van der Waals surface area contributed by atoms with Crippen molar-refractivity contribution in [2.75, 3.05) is 28.3 Å². The van der Waals surface area contributed by atoms with Gasteiger partial charge in [0.1, 0.15) is 28.7 Å². The molecule has 10 nitrogen and oxygen atoms in total. The van der Waals surface area contributed by atoms with Gasteiger partial charge in [-0.05, 0) is 51.8 Å². The number of hydrogen-bond donors (Lipinski definition) is 4. The van der Waals surface area contributed by atoms with E-state index in [0.717, 1.165) is 12.8 Å². The number of ether oxygens (including phenoxy) is 1. The number of fused-ring (bicyclic) bond motifs is 3. The summed E-state index contributed by atoms with van der Waals surface area (Å²) in [6.45, 7) is -0.0460. The van der Waals surface area contributed by atoms with Gasteiger partial charge in [-0.3, -0.25) is 19.3 Å². The van der Waals surface area contributed by atoms with Gasteiger partial charge >= 0.3 is 0 Å². The first-order valence-electron chi connectivity index (χ1n) is 13.0. The van der Waals surface area contributed by atoms with E-state index >= 15 is 4.39 Å². The first kappa shape index (κ1) is 27.1. The number of ketones is 1. The second kappa shape index (κ2) is 9.34. The van der Waals surface area contributed by atoms with Crippen molar-refractivity contribution >= 4 is 23.4 Å². The summed E-state index contributed by atoms with van der Waals surface area (Å²) < 4.78 is 21.7. The van der Waals surface area contributed by atoms with Gasteiger partial charge in [-0.15, -0.1) is 0 Å². The Kier molecular flexibility index (Phi) is 6.50. The van der Waals surface area contributed by atoms with E-state index in [1.807, 2.05) is 0 Å². The fourth-order valence-corrected chi connectivity index (χ4v) is 6.82. The number of carbonyl (C=O) groups is 3. The summed E-state index contributed by atoms with van der Waals surface area (Å²) in [5.74, 6) is -4.70. The minimum absolute atomic E-state index is 0.00760. The zero-order chi connectivity index (χ0) is 28.5. The smallest absolute Gasteiger partial charge is 0.248 e. The Hall–Kier alpha value is -3.44. The number of aliphatic hydroxyl groups is 2. The van der Waals surface area contributed by atoms with Gasteiger partial charge in [-0.2, -0.15) is 0 Å². The highest BCUT2D eigenvalue weighted by molar-refractivity contribution is 6.10. The summed E-state index contributed by atoms with van der Waals surface area (Å²) in [4.78, 5) is 41.9. The number of rotatable bonds is 6. The number of Topliss-reactive ketones (excluding diaryl/α,β-unsaturated/α-hetero) is 1. The lowest BCUT2D eigenvalue weighted by molar-refractivity contribution is -0.157. The Morgan fingerprint density at radius 3 is 2.44 bits per heavy atom. The number of likely N-dealkylation sites (N-methyl/N-ethyl adjacent to an activating group) is 1. The number of aromatic hydroxyl groups is 1. The van der Waals surface area contributed by atoms with Crippen molar-refractivity contribution in [2.24, 2.45) is 23.5 Å². The Labute approximate surface area is 225 Å². The van der Waals surface area contributed by atoms with Crippen molar-refractivity contribution in [3.63, 3.8) is 0 Å². The van der Waals surface area contributed by atoms with E-state index in [9.17, 15) is 29.7 Å². The summed E-state index contributed by atoms with van der Waals surface area (Å²) in [6, 6.07) is 0.389. The molecule has 2 fully saturated rings. The van der Waals surface area contributed by atoms with Crippen LogP contribution in [0.5, 0.6) is 5.75 Å². The average Bonchev–Trinajstić information content (AvgIpc) is 3.71. The predicted molar refractivity (Wildman–Crippen MR) is 138 cm³/mol. The molecular formula is C28H34FN3O7. The topological polar surface area (TPSA) is 154 Å². The number of hydrogen-bond acceptors (Lipinski definition) is 8. The highest BCUT2D eigenvalue weighted by Crippen LogP contribution is 2.54. The number of amides is 2. The quantitative estimate of drug-likeness (QED) is 0.425. The Morgan fingerprint density at radius 1 is 1.21 bits per heavy atom. The van der Waals surface area contributed by atoms with E-state index in [4.69, 9.17) is 10.5 Å². The van der Waals surface area contributed by atoms with Crippen LogP contribution in [0, 0.1) is 23.6 Å². The number of primary amides is 1. The third-order valence-electron chi connectivity index (χ3n) is 8.87. The van der Waals surface area contributed by atoms with Crippen LogP contribution in [0.2, 0.25) is 0 Å². The third kappa shape index (κ3) is 4.01. The average molecular weight is 544 g/mol. The van der Waals surface area contributed by atoms with Gasteiger partial charge in [0.25, 0.3) is 0 Å². The molecule has 11 heteroatoms. The summed E-state index contributed by atoms with van der Waals surface area (Å²) in [7, 11) is 6.30. The Morgan fingerprint density at radius 2 is 1.87 bits per heavy atom. The van der Waals surface area contributed by atoms with Gasteiger partial charge in [0, 0.05) is 55.7 Å². The van der Waals surface area contributed by atoms with Gasteiger partial charge in [0.05, 0.1) is 17.2 Å². The maximum absolute atomic E-state index is 15.9. The molecule has 210 valence electrons. The second-order valence-electron chi connectivity index (χ2n) is 11.4. The first-order valence-corrected chi connectivity index (χ1v) is 13.0. The van der Waals surface area contributed by atoms with Crippen LogP contribution in [0.1, 0.15) is 42.4 Å². The molecule has 0 saturated heterocycles. The molecule has 0 bridgehead atoms. The molecule has 1 aromatic carbocycles. The molecule has 0 aliphatic heterocycles. The number of carbonyl (C=O) groups excluding carboxylic acids is 3. The molecule has 5 rings (SSSR count). The highest BCUT2D eigenvalue weighted by Gasteiger charge is 2.61. The van der Waals surface area contributed by atoms with Gasteiger partial charge in [0.2, 0.25) is 11.8 Å². The van der Waals surface area contributed by atoms with Crippen LogP contribution < -0.4 is 5.73 Å². The molecule has 4 aliphatic rings. The summed E-state index contributed by atoms with van der Waals surface area (Å²) in [5.41, 5.74) is 3.82. The standard InChI is InChI=1S/C28H34FN3O7/c1-31(2)22-17-8-13-7-15-20(18(33)9-14(21(15)29)11-32(3)27(38)12-5-6-12)24(35)19(13)25(36)28(17,39-4)10-16(23(22)34)26(30)37/h9,12-13,17,22,33-35H,5-8,10-11H2,1-4H3,(H2,30,37)/t13-,17-,22-,28-/m0/s1. The number of nitrogens with two attached hydrogens (primary N) is 1. The van der Waals surface area contributed by atoms with E-state index in [1.54, 1.807) is 26.0 Å². The number of halogens is 1. The van der Waals surface area contributed by atoms with Crippen molar-refractivity contribution in [1.82, 2.24) is 9.80 Å². The van der Waals surface area contributed by atoms with Crippen molar-refractivity contribution in [2.45, 2.75) is 50.3 Å². The van der Waals surface area contributed by atoms with Crippen molar-refractivity contribution in [3.05, 3.63) is 45.5 Å². The zero-order valence-electron chi connectivity index (χ0n) is 22.5. The minimum atomic E-state index is -1.61.